The summed E-state index contributed by atoms with van der Waals surface area (Å²) in [6, 6.07) is 4.69. The van der Waals surface area contributed by atoms with Crippen LogP contribution in [0.3, 0.4) is 0 Å². The highest BCUT2D eigenvalue weighted by Crippen LogP contribution is 2.31. The molecule has 2 rings (SSSR count). The Hall–Kier alpha value is -2.09. The number of benzene rings is 1. The van der Waals surface area contributed by atoms with Crippen LogP contribution < -0.4 is 10.1 Å². The standard InChI is InChI=1S/C16H17F3N2O2S/c1-3-10(2)20-15(22)13-9-24-14(21-13)8-23-12-6-4-5-11(7-12)16(17,18)19/h4-7,9-10H,3,8H2,1-2H3,(H,20,22)/t10-/m1/s1. The Morgan fingerprint density at radius 1 is 1.42 bits per heavy atom. The van der Waals surface area contributed by atoms with Crippen LogP contribution in [-0.2, 0) is 12.8 Å². The van der Waals surface area contributed by atoms with Crippen LogP contribution in [0.2, 0.25) is 0 Å². The highest BCUT2D eigenvalue weighted by molar-refractivity contribution is 7.09. The number of nitrogens with zero attached hydrogens (tertiary/aromatic N) is 1. The van der Waals surface area contributed by atoms with Gasteiger partial charge in [0.2, 0.25) is 0 Å². The smallest absolute Gasteiger partial charge is 0.416 e. The van der Waals surface area contributed by atoms with Gasteiger partial charge in [-0.2, -0.15) is 13.2 Å². The summed E-state index contributed by atoms with van der Waals surface area (Å²) < 4.78 is 43.3. The average molecular weight is 358 g/mol. The summed E-state index contributed by atoms with van der Waals surface area (Å²) in [5, 5.41) is 4.91. The second-order valence-electron chi connectivity index (χ2n) is 5.22. The van der Waals surface area contributed by atoms with Gasteiger partial charge in [0.1, 0.15) is 23.1 Å². The first kappa shape index (κ1) is 18.3. The summed E-state index contributed by atoms with van der Waals surface area (Å²) in [6.07, 6.45) is -3.61. The van der Waals surface area contributed by atoms with E-state index in [1.54, 1.807) is 5.38 Å². The molecule has 0 bridgehead atoms. The van der Waals surface area contributed by atoms with Crippen molar-refractivity contribution in [1.29, 1.82) is 0 Å². The zero-order valence-electron chi connectivity index (χ0n) is 13.2. The molecule has 4 nitrogen and oxygen atoms in total. The summed E-state index contributed by atoms with van der Waals surface area (Å²) in [5.41, 5.74) is -0.490. The molecule has 8 heteroatoms. The lowest BCUT2D eigenvalue weighted by atomic mass is 10.2. The molecule has 0 saturated heterocycles. The van der Waals surface area contributed by atoms with E-state index < -0.39 is 11.7 Å². The average Bonchev–Trinajstić information content (AvgIpc) is 3.01. The fourth-order valence-electron chi connectivity index (χ4n) is 1.79. The van der Waals surface area contributed by atoms with Gasteiger partial charge in [0, 0.05) is 11.4 Å². The molecule has 2 aromatic rings. The van der Waals surface area contributed by atoms with E-state index in [4.69, 9.17) is 4.74 Å². The molecule has 0 aliphatic heterocycles. The summed E-state index contributed by atoms with van der Waals surface area (Å²) >= 11 is 1.22. The predicted molar refractivity (Wildman–Crippen MR) is 85.1 cm³/mol. The molecule has 1 amide bonds. The fraction of sp³-hybridized carbons (Fsp3) is 0.375. The lowest BCUT2D eigenvalue weighted by Gasteiger charge is -2.09. The topological polar surface area (TPSA) is 51.2 Å². The number of thiazole rings is 1. The molecular formula is C16H17F3N2O2S. The number of nitrogens with one attached hydrogen (secondary N) is 1. The number of carbonyl (C=O) groups excluding carboxylic acids is 1. The van der Waals surface area contributed by atoms with Gasteiger partial charge in [0.05, 0.1) is 5.56 Å². The minimum absolute atomic E-state index is 0.00257. The molecule has 0 radical (unpaired) electrons. The molecule has 0 aliphatic rings. The van der Waals surface area contributed by atoms with Crippen LogP contribution in [0, 0.1) is 0 Å². The molecule has 24 heavy (non-hydrogen) atoms. The highest BCUT2D eigenvalue weighted by Gasteiger charge is 2.30. The van der Waals surface area contributed by atoms with Gasteiger partial charge in [-0.1, -0.05) is 13.0 Å². The van der Waals surface area contributed by atoms with Crippen molar-refractivity contribution in [2.75, 3.05) is 0 Å². The van der Waals surface area contributed by atoms with Crippen LogP contribution in [0.5, 0.6) is 5.75 Å². The largest absolute Gasteiger partial charge is 0.486 e. The van der Waals surface area contributed by atoms with Crippen molar-refractivity contribution in [2.24, 2.45) is 0 Å². The van der Waals surface area contributed by atoms with E-state index >= 15 is 0 Å². The molecule has 0 fully saturated rings. The number of amides is 1. The zero-order valence-corrected chi connectivity index (χ0v) is 14.0. The van der Waals surface area contributed by atoms with E-state index in [2.05, 4.69) is 10.3 Å². The molecule has 0 unspecified atom stereocenters. The minimum Gasteiger partial charge on any atom is -0.486 e. The third kappa shape index (κ3) is 4.95. The number of halogens is 3. The molecule has 1 heterocycles. The van der Waals surface area contributed by atoms with Gasteiger partial charge in [-0.3, -0.25) is 4.79 Å². The summed E-state index contributed by atoms with van der Waals surface area (Å²) in [4.78, 5) is 16.1. The Balaban J connectivity index is 1.97. The molecule has 1 atom stereocenters. The number of ether oxygens (including phenoxy) is 1. The number of hydrogen-bond acceptors (Lipinski definition) is 4. The molecular weight excluding hydrogens is 341 g/mol. The van der Waals surface area contributed by atoms with Crippen molar-refractivity contribution in [1.82, 2.24) is 10.3 Å². The van der Waals surface area contributed by atoms with Gasteiger partial charge in [-0.15, -0.1) is 11.3 Å². The fourth-order valence-corrected chi connectivity index (χ4v) is 2.47. The summed E-state index contributed by atoms with van der Waals surface area (Å²) in [7, 11) is 0. The lowest BCUT2D eigenvalue weighted by molar-refractivity contribution is -0.137. The van der Waals surface area contributed by atoms with Crippen molar-refractivity contribution >= 4 is 17.2 Å². The SMILES string of the molecule is CC[C@@H](C)NC(=O)c1csc(COc2cccc(C(F)(F)F)c2)n1. The number of carbonyl (C=O) groups is 1. The first-order valence-electron chi connectivity index (χ1n) is 7.35. The van der Waals surface area contributed by atoms with Gasteiger partial charge in [0.25, 0.3) is 5.91 Å². The first-order valence-corrected chi connectivity index (χ1v) is 8.23. The third-order valence-corrected chi connectivity index (χ3v) is 4.12. The van der Waals surface area contributed by atoms with Gasteiger partial charge in [-0.25, -0.2) is 4.98 Å². The maximum atomic E-state index is 12.6. The van der Waals surface area contributed by atoms with E-state index in [1.165, 1.54) is 23.5 Å². The number of hydrogen-bond donors (Lipinski definition) is 1. The van der Waals surface area contributed by atoms with Crippen molar-refractivity contribution in [3.8, 4) is 5.75 Å². The van der Waals surface area contributed by atoms with Crippen LogP contribution in [0.25, 0.3) is 0 Å². The lowest BCUT2D eigenvalue weighted by Crippen LogP contribution is -2.32. The zero-order chi connectivity index (χ0) is 17.7. The van der Waals surface area contributed by atoms with Gasteiger partial charge in [0.15, 0.2) is 0 Å². The van der Waals surface area contributed by atoms with E-state index in [-0.39, 0.29) is 30.0 Å². The van der Waals surface area contributed by atoms with Crippen molar-refractivity contribution in [3.63, 3.8) is 0 Å². The maximum absolute atomic E-state index is 12.6. The molecule has 0 aliphatic carbocycles. The monoisotopic (exact) mass is 358 g/mol. The molecule has 0 spiro atoms. The quantitative estimate of drug-likeness (QED) is 0.839. The first-order chi connectivity index (χ1) is 11.3. The van der Waals surface area contributed by atoms with Gasteiger partial charge >= 0.3 is 6.18 Å². The van der Waals surface area contributed by atoms with Gasteiger partial charge in [-0.05, 0) is 31.5 Å². The van der Waals surface area contributed by atoms with Crippen LogP contribution in [0.4, 0.5) is 13.2 Å². The Bertz CT molecular complexity index is 701. The molecule has 130 valence electrons. The Labute approximate surface area is 141 Å². The molecule has 1 N–H and O–H groups in total. The van der Waals surface area contributed by atoms with Crippen LogP contribution in [0.15, 0.2) is 29.6 Å². The normalized spacial score (nSPS) is 12.7. The second-order valence-corrected chi connectivity index (χ2v) is 6.17. The van der Waals surface area contributed by atoms with Crippen molar-refractivity contribution in [2.45, 2.75) is 39.1 Å². The maximum Gasteiger partial charge on any atom is 0.416 e. The Kier molecular flexibility index (Phi) is 5.82. The van der Waals surface area contributed by atoms with E-state index in [0.29, 0.717) is 5.01 Å². The second kappa shape index (κ2) is 7.65. The molecule has 0 saturated carbocycles. The third-order valence-electron chi connectivity index (χ3n) is 3.30. The summed E-state index contributed by atoms with van der Waals surface area (Å²) in [5.74, 6) is -0.170. The molecule has 1 aromatic heterocycles. The minimum atomic E-state index is -4.41. The Morgan fingerprint density at radius 3 is 2.83 bits per heavy atom. The van der Waals surface area contributed by atoms with Crippen molar-refractivity contribution in [3.05, 3.63) is 45.9 Å². The molecule has 1 aromatic carbocycles. The number of aromatic nitrogens is 1. The van der Waals surface area contributed by atoms with Crippen LogP contribution in [-0.4, -0.2) is 16.9 Å². The van der Waals surface area contributed by atoms with Crippen molar-refractivity contribution < 1.29 is 22.7 Å². The summed E-state index contributed by atoms with van der Waals surface area (Å²) in [6.45, 7) is 3.85. The van der Waals surface area contributed by atoms with E-state index in [1.807, 2.05) is 13.8 Å². The highest BCUT2D eigenvalue weighted by atomic mass is 32.1. The van der Waals surface area contributed by atoms with Gasteiger partial charge < -0.3 is 10.1 Å². The predicted octanol–water partition coefficient (Wildman–Crippen LogP) is 4.27. The van der Waals surface area contributed by atoms with Crippen LogP contribution in [0.1, 0.15) is 41.3 Å². The van der Waals surface area contributed by atoms with E-state index in [9.17, 15) is 18.0 Å². The Morgan fingerprint density at radius 2 is 2.17 bits per heavy atom. The number of alkyl halides is 3. The van der Waals surface area contributed by atoms with Crippen LogP contribution >= 0.6 is 11.3 Å². The number of rotatable bonds is 6. The van der Waals surface area contributed by atoms with E-state index in [0.717, 1.165) is 18.6 Å².